The Morgan fingerprint density at radius 2 is 2.08 bits per heavy atom. The van der Waals surface area contributed by atoms with E-state index in [1.165, 1.54) is 12.1 Å². The number of thiocarbonyl (C=S) groups is 1. The van der Waals surface area contributed by atoms with E-state index in [2.05, 4.69) is 26.6 Å². The fourth-order valence-electron chi connectivity index (χ4n) is 3.29. The molecule has 0 aliphatic carbocycles. The van der Waals surface area contributed by atoms with Crippen molar-refractivity contribution in [1.82, 2.24) is 10.6 Å². The second kappa shape index (κ2) is 5.74. The molecular weight excluding hydrogens is 414 g/mol. The van der Waals surface area contributed by atoms with Gasteiger partial charge in [-0.05, 0) is 36.5 Å². The number of halogens is 3. The molecule has 2 aliphatic heterocycles. The Hall–Kier alpha value is -2.06. The van der Waals surface area contributed by atoms with E-state index >= 15 is 0 Å². The maximum Gasteiger partial charge on any atom is 0.256 e. The van der Waals surface area contributed by atoms with E-state index in [0.717, 1.165) is 10.5 Å². The predicted octanol–water partition coefficient (Wildman–Crippen LogP) is 3.45. The fraction of sp³-hybridized carbons (Fsp3) is 0.176. The molecule has 4 nitrogen and oxygen atoms in total. The van der Waals surface area contributed by atoms with Crippen LogP contribution in [0.15, 0.2) is 40.9 Å². The van der Waals surface area contributed by atoms with Gasteiger partial charge in [0, 0.05) is 22.0 Å². The Balaban J connectivity index is 1.88. The minimum absolute atomic E-state index is 0.0559. The topological polar surface area (TPSA) is 50.4 Å². The van der Waals surface area contributed by atoms with Crippen LogP contribution in [0.1, 0.15) is 23.7 Å². The highest BCUT2D eigenvalue weighted by molar-refractivity contribution is 9.10. The van der Waals surface area contributed by atoms with Gasteiger partial charge in [-0.25, -0.2) is 8.78 Å². The fourth-order valence-corrected chi connectivity index (χ4v) is 3.92. The van der Waals surface area contributed by atoms with E-state index in [9.17, 15) is 13.6 Å². The lowest BCUT2D eigenvalue weighted by Gasteiger charge is -2.38. The zero-order chi connectivity index (χ0) is 17.8. The van der Waals surface area contributed by atoms with Crippen molar-refractivity contribution in [2.75, 3.05) is 0 Å². The number of rotatable bonds is 1. The predicted molar refractivity (Wildman–Crippen MR) is 94.0 cm³/mol. The molecule has 2 aromatic rings. The molecule has 2 aromatic carbocycles. The zero-order valence-electron chi connectivity index (χ0n) is 12.6. The van der Waals surface area contributed by atoms with Gasteiger partial charge in [0.25, 0.3) is 5.91 Å². The molecule has 128 valence electrons. The standard InChI is InChI=1S/C17H11BrF2N2O2S/c18-8-4-5-12-10(6-8)17(15(23)21-16(25)22-17)7-13(24-12)9-2-1-3-11(19)14(9)20/h1-6,13H,7H2,(H2,21,22,23,25). The van der Waals surface area contributed by atoms with Gasteiger partial charge in [0.05, 0.1) is 0 Å². The van der Waals surface area contributed by atoms with Gasteiger partial charge >= 0.3 is 0 Å². The summed E-state index contributed by atoms with van der Waals surface area (Å²) in [6.45, 7) is 0. The van der Waals surface area contributed by atoms with Gasteiger partial charge in [-0.1, -0.05) is 28.1 Å². The first-order valence-corrected chi connectivity index (χ1v) is 8.65. The summed E-state index contributed by atoms with van der Waals surface area (Å²) in [7, 11) is 0. The molecule has 1 fully saturated rings. The van der Waals surface area contributed by atoms with Crippen LogP contribution in [-0.4, -0.2) is 11.0 Å². The Kier molecular flexibility index (Phi) is 3.77. The molecule has 2 heterocycles. The van der Waals surface area contributed by atoms with Crippen LogP contribution in [0, 0.1) is 11.6 Å². The number of ether oxygens (including phenoxy) is 1. The molecule has 25 heavy (non-hydrogen) atoms. The number of hydrogen-bond acceptors (Lipinski definition) is 3. The zero-order valence-corrected chi connectivity index (χ0v) is 15.0. The number of benzene rings is 2. The summed E-state index contributed by atoms with van der Waals surface area (Å²) in [5, 5.41) is 5.76. The highest BCUT2D eigenvalue weighted by Crippen LogP contribution is 2.47. The number of carbonyl (C=O) groups is 1. The molecular formula is C17H11BrF2N2O2S. The summed E-state index contributed by atoms with van der Waals surface area (Å²) in [5.41, 5.74) is -0.551. The van der Waals surface area contributed by atoms with E-state index < -0.39 is 23.3 Å². The highest BCUT2D eigenvalue weighted by Gasteiger charge is 2.52. The monoisotopic (exact) mass is 424 g/mol. The smallest absolute Gasteiger partial charge is 0.256 e. The number of hydrogen-bond donors (Lipinski definition) is 2. The van der Waals surface area contributed by atoms with Crippen molar-refractivity contribution in [2.45, 2.75) is 18.1 Å². The summed E-state index contributed by atoms with van der Waals surface area (Å²) in [6.07, 6.45) is -0.772. The van der Waals surface area contributed by atoms with Gasteiger partial charge < -0.3 is 15.4 Å². The van der Waals surface area contributed by atoms with E-state index in [-0.39, 0.29) is 23.0 Å². The molecule has 4 rings (SSSR count). The second-order valence-electron chi connectivity index (χ2n) is 5.91. The summed E-state index contributed by atoms with van der Waals surface area (Å²) >= 11 is 8.46. The minimum atomic E-state index is -1.20. The summed E-state index contributed by atoms with van der Waals surface area (Å²) < 4.78 is 34.6. The average molecular weight is 425 g/mol. The van der Waals surface area contributed by atoms with Crippen molar-refractivity contribution in [3.63, 3.8) is 0 Å². The summed E-state index contributed by atoms with van der Waals surface area (Å²) in [6, 6.07) is 9.09. The molecule has 0 aromatic heterocycles. The average Bonchev–Trinajstić information content (AvgIpc) is 2.85. The Bertz CT molecular complexity index is 924. The second-order valence-corrected chi connectivity index (χ2v) is 7.23. The number of amides is 1. The van der Waals surface area contributed by atoms with Crippen molar-refractivity contribution in [3.05, 3.63) is 63.6 Å². The van der Waals surface area contributed by atoms with Gasteiger partial charge in [0.2, 0.25) is 0 Å². The van der Waals surface area contributed by atoms with Crippen LogP contribution in [0.4, 0.5) is 8.78 Å². The van der Waals surface area contributed by atoms with E-state index in [0.29, 0.717) is 11.3 Å². The first-order valence-electron chi connectivity index (χ1n) is 7.45. The van der Waals surface area contributed by atoms with Crippen LogP contribution in [0.25, 0.3) is 0 Å². The van der Waals surface area contributed by atoms with Gasteiger partial charge in [-0.3, -0.25) is 4.79 Å². The van der Waals surface area contributed by atoms with Gasteiger partial charge in [0.1, 0.15) is 11.9 Å². The first-order chi connectivity index (χ1) is 11.9. The molecule has 8 heteroatoms. The minimum Gasteiger partial charge on any atom is -0.485 e. The quantitative estimate of drug-likeness (QED) is 0.688. The van der Waals surface area contributed by atoms with Gasteiger partial charge in [0.15, 0.2) is 22.3 Å². The number of nitrogens with one attached hydrogen (secondary N) is 2. The van der Waals surface area contributed by atoms with Crippen LogP contribution < -0.4 is 15.4 Å². The van der Waals surface area contributed by atoms with Crippen LogP contribution in [0.2, 0.25) is 0 Å². The van der Waals surface area contributed by atoms with Crippen molar-refractivity contribution < 1.29 is 18.3 Å². The molecule has 2 N–H and O–H groups in total. The molecule has 2 atom stereocenters. The molecule has 0 bridgehead atoms. The number of carbonyl (C=O) groups excluding carboxylic acids is 1. The SMILES string of the molecule is O=C1NC(=S)NC12CC(c1cccc(F)c1F)Oc1ccc(Br)cc12. The molecule has 0 radical (unpaired) electrons. The van der Waals surface area contributed by atoms with E-state index in [1.807, 2.05) is 0 Å². The van der Waals surface area contributed by atoms with Gasteiger partial charge in [-0.2, -0.15) is 0 Å². The van der Waals surface area contributed by atoms with Crippen molar-refractivity contribution in [2.24, 2.45) is 0 Å². The van der Waals surface area contributed by atoms with Crippen molar-refractivity contribution in [3.8, 4) is 5.75 Å². The lowest BCUT2D eigenvalue weighted by Crippen LogP contribution is -2.48. The third-order valence-corrected chi connectivity index (χ3v) is 5.13. The van der Waals surface area contributed by atoms with Crippen molar-refractivity contribution >= 4 is 39.2 Å². The van der Waals surface area contributed by atoms with Crippen LogP contribution >= 0.6 is 28.1 Å². The lowest BCUT2D eigenvalue weighted by molar-refractivity contribution is -0.126. The normalized spacial score (nSPS) is 24.5. The lowest BCUT2D eigenvalue weighted by atomic mass is 9.80. The molecule has 1 saturated heterocycles. The van der Waals surface area contributed by atoms with Crippen LogP contribution in [-0.2, 0) is 10.3 Å². The van der Waals surface area contributed by atoms with E-state index in [1.54, 1.807) is 18.2 Å². The van der Waals surface area contributed by atoms with Gasteiger partial charge in [-0.15, -0.1) is 0 Å². The van der Waals surface area contributed by atoms with Crippen LogP contribution in [0.3, 0.4) is 0 Å². The maximum absolute atomic E-state index is 14.3. The Morgan fingerprint density at radius 3 is 2.80 bits per heavy atom. The van der Waals surface area contributed by atoms with Crippen molar-refractivity contribution in [1.29, 1.82) is 0 Å². The number of fused-ring (bicyclic) bond motifs is 2. The third kappa shape index (κ3) is 2.51. The first kappa shape index (κ1) is 16.4. The third-order valence-electron chi connectivity index (χ3n) is 4.43. The molecule has 1 amide bonds. The Morgan fingerprint density at radius 1 is 1.28 bits per heavy atom. The molecule has 2 unspecified atom stereocenters. The van der Waals surface area contributed by atoms with E-state index in [4.69, 9.17) is 17.0 Å². The summed E-state index contributed by atoms with van der Waals surface area (Å²) in [5.74, 6) is -1.88. The Labute approximate surface area is 155 Å². The molecule has 1 spiro atoms. The molecule has 0 saturated carbocycles. The largest absolute Gasteiger partial charge is 0.485 e. The summed E-state index contributed by atoms with van der Waals surface area (Å²) in [4.78, 5) is 12.7. The van der Waals surface area contributed by atoms with Crippen LogP contribution in [0.5, 0.6) is 5.75 Å². The maximum atomic E-state index is 14.3. The molecule has 2 aliphatic rings. The highest BCUT2D eigenvalue weighted by atomic mass is 79.9.